The van der Waals surface area contributed by atoms with Crippen molar-refractivity contribution in [2.24, 2.45) is 0 Å². The van der Waals surface area contributed by atoms with Crippen LogP contribution in [0.5, 0.6) is 5.75 Å². The van der Waals surface area contributed by atoms with Crippen molar-refractivity contribution in [3.63, 3.8) is 0 Å². The van der Waals surface area contributed by atoms with Crippen LogP contribution in [0.25, 0.3) is 6.08 Å². The van der Waals surface area contributed by atoms with Crippen LogP contribution in [0.2, 0.25) is 0 Å². The first-order valence-corrected chi connectivity index (χ1v) is 10.9. The van der Waals surface area contributed by atoms with E-state index in [9.17, 15) is 17.6 Å². The zero-order chi connectivity index (χ0) is 20.9. The Morgan fingerprint density at radius 2 is 1.86 bits per heavy atom. The monoisotopic (exact) mass is 418 g/mol. The minimum Gasteiger partial charge on any atom is -0.492 e. The summed E-state index contributed by atoms with van der Waals surface area (Å²) in [4.78, 5) is 13.7. The number of carbonyl (C=O) groups is 1. The van der Waals surface area contributed by atoms with Crippen molar-refractivity contribution in [2.75, 3.05) is 36.8 Å². The molecule has 1 saturated heterocycles. The Hall–Kier alpha value is -2.87. The van der Waals surface area contributed by atoms with Gasteiger partial charge in [0, 0.05) is 19.7 Å². The van der Waals surface area contributed by atoms with Gasteiger partial charge >= 0.3 is 0 Å². The molecule has 0 unspecified atom stereocenters. The van der Waals surface area contributed by atoms with Crippen LogP contribution in [0.15, 0.2) is 54.6 Å². The Balaban J connectivity index is 1.49. The maximum atomic E-state index is 12.9. The number of ether oxygens (including phenoxy) is 1. The van der Waals surface area contributed by atoms with Crippen LogP contribution < -0.4 is 9.04 Å². The molecule has 3 rings (SSSR count). The maximum absolute atomic E-state index is 12.9. The third kappa shape index (κ3) is 5.57. The second-order valence-corrected chi connectivity index (χ2v) is 8.74. The Bertz CT molecular complexity index is 973. The number of likely N-dealkylation sites (N-methyl/N-ethyl adjacent to an activating group) is 1. The van der Waals surface area contributed by atoms with Crippen LogP contribution in [0.1, 0.15) is 12.0 Å². The molecule has 2 aromatic carbocycles. The maximum Gasteiger partial charge on any atom is 0.246 e. The van der Waals surface area contributed by atoms with Crippen molar-refractivity contribution < 1.29 is 22.3 Å². The molecule has 0 radical (unpaired) electrons. The first kappa shape index (κ1) is 20.9. The quantitative estimate of drug-likeness (QED) is 0.649. The summed E-state index contributed by atoms with van der Waals surface area (Å²) in [7, 11) is -1.53. The molecule has 0 spiro atoms. The molecule has 1 heterocycles. The highest BCUT2D eigenvalue weighted by atomic mass is 32.2. The molecule has 0 atom stereocenters. The standard InChI is InChI=1S/C21H23FN2O4S/c1-23(14-15-28-20-10-6-18(22)7-11-20)21(25)12-5-17-3-8-19(9-4-17)24-13-2-16-29(24,26)27/h3-12H,2,13-16H2,1H3/b12-5+. The number of hydrogen-bond donors (Lipinski definition) is 0. The molecule has 1 aliphatic rings. The lowest BCUT2D eigenvalue weighted by Crippen LogP contribution is -2.29. The van der Waals surface area contributed by atoms with Gasteiger partial charge in [0.05, 0.1) is 18.0 Å². The second kappa shape index (κ2) is 9.09. The van der Waals surface area contributed by atoms with E-state index in [-0.39, 0.29) is 17.5 Å². The normalized spacial score (nSPS) is 15.6. The number of carbonyl (C=O) groups excluding carboxylic acids is 1. The second-order valence-electron chi connectivity index (χ2n) is 6.73. The first-order valence-electron chi connectivity index (χ1n) is 9.27. The van der Waals surface area contributed by atoms with Crippen LogP contribution in [-0.2, 0) is 14.8 Å². The molecule has 8 heteroatoms. The van der Waals surface area contributed by atoms with Gasteiger partial charge in [0.2, 0.25) is 15.9 Å². The predicted octanol–water partition coefficient (Wildman–Crippen LogP) is 2.92. The first-order chi connectivity index (χ1) is 13.8. The number of sulfonamides is 1. The lowest BCUT2D eigenvalue weighted by Gasteiger charge is -2.17. The van der Waals surface area contributed by atoms with Crippen molar-refractivity contribution in [2.45, 2.75) is 6.42 Å². The summed E-state index contributed by atoms with van der Waals surface area (Å²) in [5, 5.41) is 0. The van der Waals surface area contributed by atoms with Gasteiger partial charge in [0.1, 0.15) is 18.2 Å². The number of halogens is 1. The van der Waals surface area contributed by atoms with Crippen LogP contribution in [-0.4, -0.2) is 51.7 Å². The van der Waals surface area contributed by atoms with Crippen molar-refractivity contribution in [3.8, 4) is 5.75 Å². The minimum absolute atomic E-state index is 0.181. The number of benzene rings is 2. The third-order valence-electron chi connectivity index (χ3n) is 4.58. The van der Waals surface area contributed by atoms with E-state index in [1.54, 1.807) is 37.4 Å². The number of anilines is 1. The van der Waals surface area contributed by atoms with E-state index in [4.69, 9.17) is 4.74 Å². The van der Waals surface area contributed by atoms with Gasteiger partial charge in [-0.2, -0.15) is 0 Å². The molecule has 0 aliphatic carbocycles. The Labute approximate surface area is 170 Å². The van der Waals surface area contributed by atoms with Gasteiger partial charge in [0.15, 0.2) is 0 Å². The summed E-state index contributed by atoms with van der Waals surface area (Å²) in [6.07, 6.45) is 3.77. The lowest BCUT2D eigenvalue weighted by molar-refractivity contribution is -0.125. The van der Waals surface area contributed by atoms with Gasteiger partial charge in [0.25, 0.3) is 0 Å². The third-order valence-corrected chi connectivity index (χ3v) is 6.45. The fraction of sp³-hybridized carbons (Fsp3) is 0.286. The van der Waals surface area contributed by atoms with E-state index in [0.717, 1.165) is 5.56 Å². The number of hydrogen-bond acceptors (Lipinski definition) is 4. The van der Waals surface area contributed by atoms with Gasteiger partial charge in [-0.15, -0.1) is 0 Å². The van der Waals surface area contributed by atoms with E-state index < -0.39 is 10.0 Å². The van der Waals surface area contributed by atoms with Crippen LogP contribution >= 0.6 is 0 Å². The molecule has 154 valence electrons. The molecular formula is C21H23FN2O4S. The van der Waals surface area contributed by atoms with Gasteiger partial charge in [-0.25, -0.2) is 12.8 Å². The SMILES string of the molecule is CN(CCOc1ccc(F)cc1)C(=O)/C=C/c1ccc(N2CCCS2(=O)=O)cc1. The van der Waals surface area contributed by atoms with Crippen LogP contribution in [0, 0.1) is 5.82 Å². The van der Waals surface area contributed by atoms with Gasteiger partial charge in [-0.05, 0) is 54.5 Å². The smallest absolute Gasteiger partial charge is 0.246 e. The number of rotatable bonds is 7. The molecule has 0 bridgehead atoms. The zero-order valence-corrected chi connectivity index (χ0v) is 16.9. The fourth-order valence-corrected chi connectivity index (χ4v) is 4.48. The van der Waals surface area contributed by atoms with Crippen molar-refractivity contribution in [1.82, 2.24) is 4.90 Å². The van der Waals surface area contributed by atoms with E-state index in [1.807, 2.05) is 0 Å². The molecule has 0 N–H and O–H groups in total. The zero-order valence-electron chi connectivity index (χ0n) is 16.1. The molecular weight excluding hydrogens is 395 g/mol. The molecule has 1 fully saturated rings. The highest BCUT2D eigenvalue weighted by Gasteiger charge is 2.28. The summed E-state index contributed by atoms with van der Waals surface area (Å²) < 4.78 is 43.7. The van der Waals surface area contributed by atoms with E-state index in [2.05, 4.69) is 0 Å². The summed E-state index contributed by atoms with van der Waals surface area (Å²) in [5.41, 5.74) is 1.44. The molecule has 2 aromatic rings. The van der Waals surface area contributed by atoms with Gasteiger partial charge in [-0.3, -0.25) is 9.10 Å². The summed E-state index contributed by atoms with van der Waals surface area (Å²) in [5.74, 6) is 0.215. The Morgan fingerprint density at radius 3 is 2.48 bits per heavy atom. The molecule has 6 nitrogen and oxygen atoms in total. The summed E-state index contributed by atoms with van der Waals surface area (Å²) in [6, 6.07) is 12.8. The van der Waals surface area contributed by atoms with Crippen molar-refractivity contribution in [3.05, 3.63) is 66.0 Å². The number of amides is 1. The summed E-state index contributed by atoms with van der Waals surface area (Å²) >= 11 is 0. The molecule has 1 amide bonds. The van der Waals surface area contributed by atoms with E-state index in [0.29, 0.717) is 37.6 Å². The lowest BCUT2D eigenvalue weighted by atomic mass is 10.2. The predicted molar refractivity (Wildman–Crippen MR) is 111 cm³/mol. The highest BCUT2D eigenvalue weighted by Crippen LogP contribution is 2.24. The molecule has 1 aliphatic heterocycles. The minimum atomic E-state index is -3.20. The topological polar surface area (TPSA) is 66.9 Å². The highest BCUT2D eigenvalue weighted by molar-refractivity contribution is 7.93. The van der Waals surface area contributed by atoms with Crippen molar-refractivity contribution in [1.29, 1.82) is 0 Å². The average molecular weight is 418 g/mol. The van der Waals surface area contributed by atoms with E-state index in [1.165, 1.54) is 39.5 Å². The van der Waals surface area contributed by atoms with Crippen LogP contribution in [0.4, 0.5) is 10.1 Å². The molecule has 29 heavy (non-hydrogen) atoms. The van der Waals surface area contributed by atoms with Crippen molar-refractivity contribution >= 4 is 27.7 Å². The average Bonchev–Trinajstić information content (AvgIpc) is 3.07. The van der Waals surface area contributed by atoms with Gasteiger partial charge in [-0.1, -0.05) is 12.1 Å². The molecule has 0 aromatic heterocycles. The van der Waals surface area contributed by atoms with Crippen LogP contribution in [0.3, 0.4) is 0 Å². The van der Waals surface area contributed by atoms with E-state index >= 15 is 0 Å². The number of nitrogens with zero attached hydrogens (tertiary/aromatic N) is 2. The Kier molecular flexibility index (Phi) is 6.53. The molecule has 0 saturated carbocycles. The Morgan fingerprint density at radius 1 is 1.17 bits per heavy atom. The summed E-state index contributed by atoms with van der Waals surface area (Å²) in [6.45, 7) is 1.17. The largest absolute Gasteiger partial charge is 0.492 e. The van der Waals surface area contributed by atoms with Gasteiger partial charge < -0.3 is 9.64 Å². The fourth-order valence-electron chi connectivity index (χ4n) is 2.92.